The van der Waals surface area contributed by atoms with Crippen LogP contribution in [0.25, 0.3) is 10.6 Å². The van der Waals surface area contributed by atoms with Gasteiger partial charge in [0.05, 0.1) is 4.92 Å². The first kappa shape index (κ1) is 23.5. The summed E-state index contributed by atoms with van der Waals surface area (Å²) in [5, 5.41) is 25.1. The van der Waals surface area contributed by atoms with Gasteiger partial charge in [0, 0.05) is 54.3 Å². The molecule has 0 radical (unpaired) electrons. The summed E-state index contributed by atoms with van der Waals surface area (Å²) in [6, 6.07) is 19.6. The third-order valence-corrected chi connectivity index (χ3v) is 5.89. The maximum Gasteiger partial charge on any atom is 0.269 e. The van der Waals surface area contributed by atoms with Gasteiger partial charge in [-0.3, -0.25) is 25.0 Å². The van der Waals surface area contributed by atoms with E-state index in [1.807, 2.05) is 31.1 Å². The van der Waals surface area contributed by atoms with Crippen molar-refractivity contribution in [1.29, 1.82) is 0 Å². The van der Waals surface area contributed by atoms with Crippen molar-refractivity contribution < 1.29 is 14.5 Å². The fourth-order valence-electron chi connectivity index (χ4n) is 3.14. The standard InChI is InChI=1S/C24H20N6O4S/c1-29(2)19-10-6-15(7-11-19)21(31)25-18-5-3-4-17(14-18)22(32)26-24-28-27-23(35-24)16-8-12-20(13-9-16)30(33)34/h3-14H,1-2H3,(H,25,31)(H,26,28,32). The van der Waals surface area contributed by atoms with Crippen LogP contribution >= 0.6 is 11.3 Å². The number of anilines is 3. The Hall–Kier alpha value is -4.64. The summed E-state index contributed by atoms with van der Waals surface area (Å²) in [5.74, 6) is -0.701. The van der Waals surface area contributed by atoms with Gasteiger partial charge in [-0.1, -0.05) is 17.4 Å². The van der Waals surface area contributed by atoms with Gasteiger partial charge < -0.3 is 10.2 Å². The molecule has 0 fully saturated rings. The fourth-order valence-corrected chi connectivity index (χ4v) is 3.88. The van der Waals surface area contributed by atoms with E-state index < -0.39 is 10.8 Å². The molecule has 10 nitrogen and oxygen atoms in total. The minimum atomic E-state index is -0.479. The number of rotatable bonds is 7. The SMILES string of the molecule is CN(C)c1ccc(C(=O)Nc2cccc(C(=O)Nc3nnc(-c4ccc([N+](=O)[O-])cc4)s3)c2)cc1. The highest BCUT2D eigenvalue weighted by Gasteiger charge is 2.14. The molecule has 0 saturated heterocycles. The Morgan fingerprint density at radius 2 is 1.57 bits per heavy atom. The predicted octanol–water partition coefficient (Wildman–Crippen LogP) is 4.68. The number of aromatic nitrogens is 2. The van der Waals surface area contributed by atoms with Crippen LogP contribution in [0.5, 0.6) is 0 Å². The molecule has 4 rings (SSSR count). The molecule has 176 valence electrons. The molecule has 0 aliphatic carbocycles. The van der Waals surface area contributed by atoms with Crippen LogP contribution in [0.1, 0.15) is 20.7 Å². The number of hydrogen-bond donors (Lipinski definition) is 2. The first-order valence-electron chi connectivity index (χ1n) is 10.4. The number of amides is 2. The van der Waals surface area contributed by atoms with E-state index in [0.717, 1.165) is 17.0 Å². The average molecular weight is 489 g/mol. The van der Waals surface area contributed by atoms with Crippen molar-refractivity contribution in [1.82, 2.24) is 10.2 Å². The van der Waals surface area contributed by atoms with Gasteiger partial charge in [-0.05, 0) is 54.6 Å². The zero-order valence-corrected chi connectivity index (χ0v) is 19.6. The van der Waals surface area contributed by atoms with Crippen LogP contribution in [0.15, 0.2) is 72.8 Å². The Morgan fingerprint density at radius 1 is 0.886 bits per heavy atom. The second-order valence-electron chi connectivity index (χ2n) is 7.65. The lowest BCUT2D eigenvalue weighted by molar-refractivity contribution is -0.384. The molecule has 3 aromatic carbocycles. The highest BCUT2D eigenvalue weighted by molar-refractivity contribution is 7.18. The zero-order valence-electron chi connectivity index (χ0n) is 18.8. The number of non-ortho nitro benzene ring substituents is 1. The number of nitro groups is 1. The lowest BCUT2D eigenvalue weighted by Gasteiger charge is -2.12. The third-order valence-electron chi connectivity index (χ3n) is 5.00. The van der Waals surface area contributed by atoms with Crippen LogP contribution in [0.4, 0.5) is 22.2 Å². The minimum absolute atomic E-state index is 0.0238. The molecule has 2 amide bonds. The van der Waals surface area contributed by atoms with Gasteiger partial charge in [-0.15, -0.1) is 10.2 Å². The van der Waals surface area contributed by atoms with Gasteiger partial charge in [0.25, 0.3) is 17.5 Å². The normalized spacial score (nSPS) is 10.5. The van der Waals surface area contributed by atoms with Crippen LogP contribution in [-0.2, 0) is 0 Å². The van der Waals surface area contributed by atoms with Crippen LogP contribution in [-0.4, -0.2) is 41.0 Å². The van der Waals surface area contributed by atoms with E-state index in [1.165, 1.54) is 12.1 Å². The summed E-state index contributed by atoms with van der Waals surface area (Å²) in [4.78, 5) is 37.6. The summed E-state index contributed by atoms with van der Waals surface area (Å²) in [6.45, 7) is 0. The summed E-state index contributed by atoms with van der Waals surface area (Å²) in [7, 11) is 3.84. The van der Waals surface area contributed by atoms with Gasteiger partial charge in [0.15, 0.2) is 0 Å². The van der Waals surface area contributed by atoms with Gasteiger partial charge in [-0.25, -0.2) is 0 Å². The predicted molar refractivity (Wildman–Crippen MR) is 135 cm³/mol. The number of carbonyl (C=O) groups excluding carboxylic acids is 2. The average Bonchev–Trinajstić information content (AvgIpc) is 3.32. The molecular formula is C24H20N6O4S. The molecule has 0 bridgehead atoms. The summed E-state index contributed by atoms with van der Waals surface area (Å²) in [6.07, 6.45) is 0. The molecule has 2 N–H and O–H groups in total. The lowest BCUT2D eigenvalue weighted by atomic mass is 10.1. The van der Waals surface area contributed by atoms with Crippen molar-refractivity contribution in [2.45, 2.75) is 0 Å². The van der Waals surface area contributed by atoms with Crippen LogP contribution in [0.2, 0.25) is 0 Å². The number of benzene rings is 3. The number of nitrogens with one attached hydrogen (secondary N) is 2. The molecule has 11 heteroatoms. The number of nitro benzene ring substituents is 1. The van der Waals surface area contributed by atoms with Gasteiger partial charge in [0.2, 0.25) is 5.13 Å². The van der Waals surface area contributed by atoms with Crippen LogP contribution in [0, 0.1) is 10.1 Å². The zero-order chi connectivity index (χ0) is 24.9. The van der Waals surface area contributed by atoms with E-state index in [1.54, 1.807) is 48.5 Å². The maximum atomic E-state index is 12.7. The minimum Gasteiger partial charge on any atom is -0.378 e. The molecule has 1 heterocycles. The summed E-state index contributed by atoms with van der Waals surface area (Å²) < 4.78 is 0. The molecule has 0 aliphatic rings. The Balaban J connectivity index is 1.42. The molecule has 1 aromatic heterocycles. The van der Waals surface area contributed by atoms with Gasteiger partial charge >= 0.3 is 0 Å². The van der Waals surface area contributed by atoms with Crippen LogP contribution in [0.3, 0.4) is 0 Å². The quantitative estimate of drug-likeness (QED) is 0.285. The highest BCUT2D eigenvalue weighted by Crippen LogP contribution is 2.28. The topological polar surface area (TPSA) is 130 Å². The summed E-state index contributed by atoms with van der Waals surface area (Å²) in [5.41, 5.74) is 2.91. The second-order valence-corrected chi connectivity index (χ2v) is 8.62. The largest absolute Gasteiger partial charge is 0.378 e. The van der Waals surface area contributed by atoms with Crippen molar-refractivity contribution in [3.8, 4) is 10.6 Å². The Kier molecular flexibility index (Phi) is 6.78. The van der Waals surface area contributed by atoms with Crippen molar-refractivity contribution >= 4 is 45.3 Å². The van der Waals surface area contributed by atoms with Crippen molar-refractivity contribution in [3.63, 3.8) is 0 Å². The molecular weight excluding hydrogens is 468 g/mol. The van der Waals surface area contributed by atoms with Crippen molar-refractivity contribution in [3.05, 3.63) is 94.0 Å². The maximum absolute atomic E-state index is 12.7. The Morgan fingerprint density at radius 3 is 2.23 bits per heavy atom. The van der Waals surface area contributed by atoms with Crippen molar-refractivity contribution in [2.24, 2.45) is 0 Å². The number of carbonyl (C=O) groups is 2. The number of hydrogen-bond acceptors (Lipinski definition) is 8. The molecule has 0 spiro atoms. The molecule has 0 unspecified atom stereocenters. The number of nitrogens with zero attached hydrogens (tertiary/aromatic N) is 4. The van der Waals surface area contributed by atoms with E-state index >= 15 is 0 Å². The molecule has 0 atom stereocenters. The molecule has 4 aromatic rings. The highest BCUT2D eigenvalue weighted by atomic mass is 32.1. The van der Waals surface area contributed by atoms with E-state index in [0.29, 0.717) is 27.4 Å². The fraction of sp³-hybridized carbons (Fsp3) is 0.0833. The lowest BCUT2D eigenvalue weighted by Crippen LogP contribution is -2.15. The van der Waals surface area contributed by atoms with E-state index in [-0.39, 0.29) is 16.7 Å². The van der Waals surface area contributed by atoms with Crippen LogP contribution < -0.4 is 15.5 Å². The van der Waals surface area contributed by atoms with Gasteiger partial charge in [-0.2, -0.15) is 0 Å². The third kappa shape index (κ3) is 5.65. The molecule has 0 aliphatic heterocycles. The van der Waals surface area contributed by atoms with Gasteiger partial charge in [0.1, 0.15) is 5.01 Å². The van der Waals surface area contributed by atoms with E-state index in [9.17, 15) is 19.7 Å². The molecule has 0 saturated carbocycles. The Labute approximate surface area is 204 Å². The van der Waals surface area contributed by atoms with Crippen molar-refractivity contribution in [2.75, 3.05) is 29.6 Å². The smallest absolute Gasteiger partial charge is 0.269 e. The first-order chi connectivity index (χ1) is 16.8. The van der Waals surface area contributed by atoms with E-state index in [4.69, 9.17) is 0 Å². The monoisotopic (exact) mass is 488 g/mol. The molecule has 35 heavy (non-hydrogen) atoms. The summed E-state index contributed by atoms with van der Waals surface area (Å²) >= 11 is 1.14. The van der Waals surface area contributed by atoms with E-state index in [2.05, 4.69) is 20.8 Å². The second kappa shape index (κ2) is 10.1. The first-order valence-corrected chi connectivity index (χ1v) is 11.2. The Bertz CT molecular complexity index is 1380.